The predicted molar refractivity (Wildman–Crippen MR) is 89.6 cm³/mol. The molecular weight excluding hydrogens is 369 g/mol. The largest absolute Gasteiger partial charge is 0.482 e. The minimum absolute atomic E-state index is 0.216. The molecule has 0 bridgehead atoms. The summed E-state index contributed by atoms with van der Waals surface area (Å²) < 4.78 is 43.7. The molecule has 0 aliphatic rings. The van der Waals surface area contributed by atoms with Gasteiger partial charge in [0.15, 0.2) is 6.61 Å². The van der Waals surface area contributed by atoms with E-state index >= 15 is 0 Å². The van der Waals surface area contributed by atoms with Gasteiger partial charge in [-0.3, -0.25) is 4.79 Å². The minimum Gasteiger partial charge on any atom is -0.482 e. The zero-order valence-corrected chi connectivity index (χ0v) is 14.2. The Kier molecular flexibility index (Phi) is 6.47. The van der Waals surface area contributed by atoms with Crippen LogP contribution in [0.15, 0.2) is 48.5 Å². The van der Waals surface area contributed by atoms with Crippen molar-refractivity contribution in [3.63, 3.8) is 0 Å². The van der Waals surface area contributed by atoms with Gasteiger partial charge in [-0.15, -0.1) is 0 Å². The van der Waals surface area contributed by atoms with Crippen LogP contribution in [0.1, 0.15) is 11.1 Å². The molecule has 0 aliphatic heterocycles. The van der Waals surface area contributed by atoms with E-state index in [1.54, 1.807) is 18.2 Å². The summed E-state index contributed by atoms with van der Waals surface area (Å²) in [7, 11) is 0. The Morgan fingerprint density at radius 1 is 1.15 bits per heavy atom. The van der Waals surface area contributed by atoms with Crippen molar-refractivity contribution in [2.45, 2.75) is 12.7 Å². The first kappa shape index (κ1) is 19.6. The lowest BCUT2D eigenvalue weighted by atomic mass is 10.1. The van der Waals surface area contributed by atoms with Crippen molar-refractivity contribution >= 4 is 17.5 Å². The molecular formula is C18H14ClF3N2O2. The number of para-hydroxylation sites is 1. The summed E-state index contributed by atoms with van der Waals surface area (Å²) in [6.45, 7) is -2.23. The zero-order chi connectivity index (χ0) is 19.2. The molecule has 0 fully saturated rings. The number of nitriles is 1. The minimum atomic E-state index is -4.55. The predicted octanol–water partition coefficient (Wildman–Crippen LogP) is 4.18. The molecule has 0 N–H and O–H groups in total. The van der Waals surface area contributed by atoms with E-state index in [1.165, 1.54) is 30.3 Å². The molecule has 0 saturated carbocycles. The second kappa shape index (κ2) is 8.59. The van der Waals surface area contributed by atoms with Crippen molar-refractivity contribution in [3.8, 4) is 11.8 Å². The lowest BCUT2D eigenvalue weighted by molar-refractivity contribution is -0.163. The summed E-state index contributed by atoms with van der Waals surface area (Å²) in [5.41, 5.74) is 0.851. The molecule has 1 amide bonds. The summed E-state index contributed by atoms with van der Waals surface area (Å²) in [5.74, 6) is -0.612. The van der Waals surface area contributed by atoms with Gasteiger partial charge in [-0.1, -0.05) is 35.9 Å². The Balaban J connectivity index is 2.08. The van der Waals surface area contributed by atoms with E-state index < -0.39 is 25.2 Å². The van der Waals surface area contributed by atoms with Gasteiger partial charge in [-0.2, -0.15) is 18.4 Å². The van der Waals surface area contributed by atoms with Crippen LogP contribution in [-0.4, -0.2) is 30.1 Å². The number of carbonyl (C=O) groups excluding carboxylic acids is 1. The first-order chi connectivity index (χ1) is 12.3. The van der Waals surface area contributed by atoms with E-state index in [1.807, 2.05) is 6.07 Å². The molecule has 26 heavy (non-hydrogen) atoms. The second-order valence-electron chi connectivity index (χ2n) is 5.39. The third-order valence-corrected chi connectivity index (χ3v) is 3.68. The SMILES string of the molecule is N#Cc1ccc(CN(CC(F)(F)F)C(=O)COc2ccccc2Cl)cc1. The van der Waals surface area contributed by atoms with Gasteiger partial charge in [0.05, 0.1) is 16.7 Å². The maximum absolute atomic E-state index is 12.8. The molecule has 8 heteroatoms. The first-order valence-electron chi connectivity index (χ1n) is 7.49. The van der Waals surface area contributed by atoms with Crippen LogP contribution < -0.4 is 4.74 Å². The van der Waals surface area contributed by atoms with Crippen LogP contribution in [0.3, 0.4) is 0 Å². The Morgan fingerprint density at radius 2 is 1.81 bits per heavy atom. The van der Waals surface area contributed by atoms with Crippen molar-refractivity contribution in [2.75, 3.05) is 13.2 Å². The molecule has 0 spiro atoms. The highest BCUT2D eigenvalue weighted by molar-refractivity contribution is 6.32. The van der Waals surface area contributed by atoms with E-state index in [-0.39, 0.29) is 17.3 Å². The fourth-order valence-electron chi connectivity index (χ4n) is 2.15. The van der Waals surface area contributed by atoms with Gasteiger partial charge >= 0.3 is 6.18 Å². The van der Waals surface area contributed by atoms with Crippen LogP contribution in [-0.2, 0) is 11.3 Å². The summed E-state index contributed by atoms with van der Waals surface area (Å²) in [5, 5.41) is 9.02. The summed E-state index contributed by atoms with van der Waals surface area (Å²) in [6.07, 6.45) is -4.55. The van der Waals surface area contributed by atoms with Crippen molar-refractivity contribution in [3.05, 3.63) is 64.7 Å². The van der Waals surface area contributed by atoms with Gasteiger partial charge in [0.1, 0.15) is 12.3 Å². The first-order valence-corrected chi connectivity index (χ1v) is 7.87. The molecule has 136 valence electrons. The molecule has 4 nitrogen and oxygen atoms in total. The van der Waals surface area contributed by atoms with Crippen LogP contribution in [0, 0.1) is 11.3 Å². The fourth-order valence-corrected chi connectivity index (χ4v) is 2.34. The molecule has 0 radical (unpaired) electrons. The summed E-state index contributed by atoms with van der Waals surface area (Å²) in [6, 6.07) is 14.2. The number of amides is 1. The lowest BCUT2D eigenvalue weighted by Gasteiger charge is -2.24. The molecule has 2 rings (SSSR count). The third kappa shape index (κ3) is 5.97. The van der Waals surface area contributed by atoms with Gasteiger partial charge in [-0.25, -0.2) is 0 Å². The van der Waals surface area contributed by atoms with E-state index in [4.69, 9.17) is 21.6 Å². The molecule has 0 aromatic heterocycles. The lowest BCUT2D eigenvalue weighted by Crippen LogP contribution is -2.41. The number of hydrogen-bond acceptors (Lipinski definition) is 3. The number of halogens is 4. The average Bonchev–Trinajstić information content (AvgIpc) is 2.59. The molecule has 0 unspecified atom stereocenters. The zero-order valence-electron chi connectivity index (χ0n) is 13.5. The van der Waals surface area contributed by atoms with E-state index in [0.29, 0.717) is 16.0 Å². The van der Waals surface area contributed by atoms with Crippen LogP contribution in [0.2, 0.25) is 5.02 Å². The molecule has 0 heterocycles. The highest BCUT2D eigenvalue weighted by Gasteiger charge is 2.33. The quantitative estimate of drug-likeness (QED) is 0.753. The number of hydrogen-bond donors (Lipinski definition) is 0. The third-order valence-electron chi connectivity index (χ3n) is 3.37. The average molecular weight is 383 g/mol. The standard InChI is InChI=1S/C18H14ClF3N2O2/c19-15-3-1-2-4-16(15)26-11-17(25)24(12-18(20,21)22)10-14-7-5-13(9-23)6-8-14/h1-8H,10-12H2. The Morgan fingerprint density at radius 3 is 2.38 bits per heavy atom. The summed E-state index contributed by atoms with van der Waals surface area (Å²) in [4.78, 5) is 12.9. The van der Waals surface area contributed by atoms with Gasteiger partial charge in [-0.05, 0) is 29.8 Å². The highest BCUT2D eigenvalue weighted by Crippen LogP contribution is 2.23. The van der Waals surface area contributed by atoms with Crippen LogP contribution >= 0.6 is 11.6 Å². The van der Waals surface area contributed by atoms with E-state index in [0.717, 1.165) is 0 Å². The smallest absolute Gasteiger partial charge is 0.406 e. The number of benzene rings is 2. The van der Waals surface area contributed by atoms with Crippen LogP contribution in [0.25, 0.3) is 0 Å². The highest BCUT2D eigenvalue weighted by atomic mass is 35.5. The topological polar surface area (TPSA) is 53.3 Å². The van der Waals surface area contributed by atoms with Crippen molar-refractivity contribution in [1.29, 1.82) is 5.26 Å². The number of alkyl halides is 3. The number of ether oxygens (including phenoxy) is 1. The van der Waals surface area contributed by atoms with Crippen molar-refractivity contribution in [2.24, 2.45) is 0 Å². The fraction of sp³-hybridized carbons (Fsp3) is 0.222. The molecule has 0 atom stereocenters. The Bertz CT molecular complexity index is 801. The summed E-state index contributed by atoms with van der Waals surface area (Å²) >= 11 is 5.90. The molecule has 2 aromatic carbocycles. The molecule has 0 aliphatic carbocycles. The number of carbonyl (C=O) groups is 1. The van der Waals surface area contributed by atoms with Crippen LogP contribution in [0.4, 0.5) is 13.2 Å². The van der Waals surface area contributed by atoms with Gasteiger partial charge < -0.3 is 9.64 Å². The molecule has 0 saturated heterocycles. The van der Waals surface area contributed by atoms with Gasteiger partial charge in [0, 0.05) is 6.54 Å². The Hall–Kier alpha value is -2.72. The van der Waals surface area contributed by atoms with Gasteiger partial charge in [0.25, 0.3) is 5.91 Å². The van der Waals surface area contributed by atoms with Gasteiger partial charge in [0.2, 0.25) is 0 Å². The number of nitrogens with zero attached hydrogens (tertiary/aromatic N) is 2. The van der Waals surface area contributed by atoms with Crippen LogP contribution in [0.5, 0.6) is 5.75 Å². The van der Waals surface area contributed by atoms with E-state index in [2.05, 4.69) is 0 Å². The monoisotopic (exact) mass is 382 g/mol. The maximum Gasteiger partial charge on any atom is 0.406 e. The van der Waals surface area contributed by atoms with Crippen molar-refractivity contribution in [1.82, 2.24) is 4.90 Å². The maximum atomic E-state index is 12.8. The second-order valence-corrected chi connectivity index (χ2v) is 5.80. The van der Waals surface area contributed by atoms with Crippen molar-refractivity contribution < 1.29 is 22.7 Å². The van der Waals surface area contributed by atoms with E-state index in [9.17, 15) is 18.0 Å². The Labute approximate surface area is 153 Å². The molecule has 2 aromatic rings. The number of rotatable bonds is 6. The normalized spacial score (nSPS) is 10.9.